The first kappa shape index (κ1) is 19.6. The van der Waals surface area contributed by atoms with Gasteiger partial charge in [0.15, 0.2) is 11.5 Å². The highest BCUT2D eigenvalue weighted by molar-refractivity contribution is 7.10. The summed E-state index contributed by atoms with van der Waals surface area (Å²) < 4.78 is 21.9. The Morgan fingerprint density at radius 2 is 2.10 bits per heavy atom. The molecule has 2 aliphatic heterocycles. The number of hydrogen-bond donors (Lipinski definition) is 0. The van der Waals surface area contributed by atoms with Crippen LogP contribution in [-0.2, 0) is 11.3 Å². The minimum Gasteiger partial charge on any atom is -0.487 e. The first-order chi connectivity index (χ1) is 13.9. The van der Waals surface area contributed by atoms with Crippen LogP contribution in [0.25, 0.3) is 5.57 Å². The third-order valence-corrected chi connectivity index (χ3v) is 5.38. The van der Waals surface area contributed by atoms with Crippen LogP contribution in [0.1, 0.15) is 37.9 Å². The Morgan fingerprint density at radius 3 is 2.86 bits per heavy atom. The maximum Gasteiger partial charge on any atom is 0.410 e. The smallest absolute Gasteiger partial charge is 0.410 e. The molecule has 1 aromatic heterocycles. The first-order valence-corrected chi connectivity index (χ1v) is 10.4. The average molecular weight is 416 g/mol. The summed E-state index contributed by atoms with van der Waals surface area (Å²) in [5.74, 6) is 2.15. The molecule has 3 heterocycles. The van der Waals surface area contributed by atoms with Gasteiger partial charge in [-0.1, -0.05) is 6.08 Å². The fraction of sp³-hybridized carbons (Fsp3) is 0.429. The maximum atomic E-state index is 12.2. The van der Waals surface area contributed by atoms with E-state index in [0.29, 0.717) is 31.2 Å². The standard InChI is InChI=1S/C21H24N2O5S/c1-21(2,3)28-20(24)23-8-6-14(7-9-23)19-22-15(12-29-19)11-25-16-4-5-17-18(10-16)27-13-26-17/h4-6,10,12H,7-9,11,13H2,1-3H3. The SMILES string of the molecule is CC(C)(C)OC(=O)N1CC=C(c2nc(COc3ccc4c(c3)OCO4)cs2)CC1. The molecule has 1 aromatic carbocycles. The van der Waals surface area contributed by atoms with Crippen molar-refractivity contribution >= 4 is 23.0 Å². The van der Waals surface area contributed by atoms with Gasteiger partial charge in [-0.05, 0) is 44.9 Å². The van der Waals surface area contributed by atoms with Crippen molar-refractivity contribution in [3.05, 3.63) is 40.4 Å². The van der Waals surface area contributed by atoms with Gasteiger partial charge in [0, 0.05) is 24.5 Å². The number of hydrogen-bond acceptors (Lipinski definition) is 7. The second-order valence-corrected chi connectivity index (χ2v) is 8.71. The molecule has 0 spiro atoms. The van der Waals surface area contributed by atoms with Crippen molar-refractivity contribution < 1.29 is 23.7 Å². The molecule has 0 fully saturated rings. The molecular weight excluding hydrogens is 392 g/mol. The van der Waals surface area contributed by atoms with Gasteiger partial charge in [0.05, 0.1) is 5.69 Å². The molecule has 0 unspecified atom stereocenters. The predicted octanol–water partition coefficient (Wildman–Crippen LogP) is 4.48. The highest BCUT2D eigenvalue weighted by Gasteiger charge is 2.24. The number of aromatic nitrogens is 1. The van der Waals surface area contributed by atoms with Crippen molar-refractivity contribution in [2.24, 2.45) is 0 Å². The van der Waals surface area contributed by atoms with Gasteiger partial charge in [0.25, 0.3) is 0 Å². The number of nitrogens with zero attached hydrogens (tertiary/aromatic N) is 2. The Labute approximate surface area is 173 Å². The summed E-state index contributed by atoms with van der Waals surface area (Å²) in [5.41, 5.74) is 1.55. The summed E-state index contributed by atoms with van der Waals surface area (Å²) in [5, 5.41) is 2.97. The van der Waals surface area contributed by atoms with E-state index in [0.717, 1.165) is 28.4 Å². The fourth-order valence-corrected chi connectivity index (χ4v) is 3.88. The van der Waals surface area contributed by atoms with E-state index in [1.807, 2.05) is 44.4 Å². The summed E-state index contributed by atoms with van der Waals surface area (Å²) in [4.78, 5) is 18.6. The lowest BCUT2D eigenvalue weighted by Crippen LogP contribution is -2.39. The second kappa shape index (κ2) is 7.94. The van der Waals surface area contributed by atoms with Crippen molar-refractivity contribution in [3.8, 4) is 17.2 Å². The molecule has 0 atom stereocenters. The normalized spacial score (nSPS) is 15.8. The van der Waals surface area contributed by atoms with Crippen LogP contribution in [0, 0.1) is 0 Å². The molecule has 0 radical (unpaired) electrons. The third-order valence-electron chi connectivity index (χ3n) is 4.42. The zero-order valence-corrected chi connectivity index (χ0v) is 17.6. The van der Waals surface area contributed by atoms with Gasteiger partial charge in [0.2, 0.25) is 6.79 Å². The molecular formula is C21H24N2O5S. The predicted molar refractivity (Wildman–Crippen MR) is 109 cm³/mol. The summed E-state index contributed by atoms with van der Waals surface area (Å²) in [6.07, 6.45) is 2.54. The van der Waals surface area contributed by atoms with Gasteiger partial charge >= 0.3 is 6.09 Å². The van der Waals surface area contributed by atoms with Gasteiger partial charge in [0.1, 0.15) is 23.0 Å². The summed E-state index contributed by atoms with van der Waals surface area (Å²) in [7, 11) is 0. The fourth-order valence-electron chi connectivity index (χ4n) is 3.00. The van der Waals surface area contributed by atoms with Crippen molar-refractivity contribution in [1.29, 1.82) is 0 Å². The number of fused-ring (bicyclic) bond motifs is 1. The number of rotatable bonds is 4. The zero-order valence-electron chi connectivity index (χ0n) is 16.8. The molecule has 7 nitrogen and oxygen atoms in total. The first-order valence-electron chi connectivity index (χ1n) is 9.51. The molecule has 0 N–H and O–H groups in total. The number of benzene rings is 1. The van der Waals surface area contributed by atoms with E-state index in [1.165, 1.54) is 0 Å². The quantitative estimate of drug-likeness (QED) is 0.732. The Bertz CT molecular complexity index is 931. The molecule has 1 amide bonds. The van der Waals surface area contributed by atoms with Gasteiger partial charge in [-0.25, -0.2) is 9.78 Å². The van der Waals surface area contributed by atoms with Crippen LogP contribution >= 0.6 is 11.3 Å². The number of ether oxygens (including phenoxy) is 4. The Hall–Kier alpha value is -2.74. The number of carbonyl (C=O) groups is 1. The molecule has 2 aromatic rings. The maximum absolute atomic E-state index is 12.2. The minimum absolute atomic E-state index is 0.245. The molecule has 0 bridgehead atoms. The summed E-state index contributed by atoms with van der Waals surface area (Å²) in [6, 6.07) is 5.52. The molecule has 0 aliphatic carbocycles. The van der Waals surface area contributed by atoms with Crippen molar-refractivity contribution in [2.75, 3.05) is 19.9 Å². The van der Waals surface area contributed by atoms with Crippen LogP contribution in [0.2, 0.25) is 0 Å². The van der Waals surface area contributed by atoms with E-state index < -0.39 is 5.60 Å². The lowest BCUT2D eigenvalue weighted by Gasteiger charge is -2.29. The Morgan fingerprint density at radius 1 is 1.28 bits per heavy atom. The molecule has 8 heteroatoms. The zero-order chi connectivity index (χ0) is 20.4. The molecule has 2 aliphatic rings. The summed E-state index contributed by atoms with van der Waals surface area (Å²) >= 11 is 1.59. The number of thiazole rings is 1. The average Bonchev–Trinajstić information content (AvgIpc) is 3.34. The van der Waals surface area contributed by atoms with Crippen molar-refractivity contribution in [1.82, 2.24) is 9.88 Å². The van der Waals surface area contributed by atoms with E-state index in [1.54, 1.807) is 16.2 Å². The van der Waals surface area contributed by atoms with Crippen LogP contribution in [0.3, 0.4) is 0 Å². The Kier molecular flexibility index (Phi) is 5.36. The lowest BCUT2D eigenvalue weighted by molar-refractivity contribution is 0.0270. The van der Waals surface area contributed by atoms with Crippen LogP contribution in [-0.4, -0.2) is 41.5 Å². The van der Waals surface area contributed by atoms with E-state index in [9.17, 15) is 4.79 Å². The van der Waals surface area contributed by atoms with E-state index in [2.05, 4.69) is 11.1 Å². The third kappa shape index (κ3) is 4.82. The lowest BCUT2D eigenvalue weighted by atomic mass is 10.1. The van der Waals surface area contributed by atoms with Gasteiger partial charge in [-0.2, -0.15) is 0 Å². The van der Waals surface area contributed by atoms with E-state index in [-0.39, 0.29) is 12.9 Å². The number of amides is 1. The number of carbonyl (C=O) groups excluding carboxylic acids is 1. The van der Waals surface area contributed by atoms with Gasteiger partial charge in [-0.3, -0.25) is 0 Å². The van der Waals surface area contributed by atoms with Crippen molar-refractivity contribution in [2.45, 2.75) is 39.4 Å². The highest BCUT2D eigenvalue weighted by atomic mass is 32.1. The topological polar surface area (TPSA) is 70.1 Å². The van der Waals surface area contributed by atoms with Crippen LogP contribution in [0.5, 0.6) is 17.2 Å². The molecule has 154 valence electrons. The molecule has 4 rings (SSSR count). The monoisotopic (exact) mass is 416 g/mol. The van der Waals surface area contributed by atoms with Gasteiger partial charge in [-0.15, -0.1) is 11.3 Å². The Balaban J connectivity index is 1.33. The second-order valence-electron chi connectivity index (χ2n) is 7.85. The molecule has 0 saturated heterocycles. The van der Waals surface area contributed by atoms with Crippen LogP contribution in [0.15, 0.2) is 29.7 Å². The van der Waals surface area contributed by atoms with Gasteiger partial charge < -0.3 is 23.8 Å². The van der Waals surface area contributed by atoms with Crippen LogP contribution in [0.4, 0.5) is 4.79 Å². The minimum atomic E-state index is -0.483. The molecule has 29 heavy (non-hydrogen) atoms. The van der Waals surface area contributed by atoms with E-state index in [4.69, 9.17) is 18.9 Å². The van der Waals surface area contributed by atoms with E-state index >= 15 is 0 Å². The van der Waals surface area contributed by atoms with Crippen LogP contribution < -0.4 is 14.2 Å². The highest BCUT2D eigenvalue weighted by Crippen LogP contribution is 2.35. The largest absolute Gasteiger partial charge is 0.487 e. The molecule has 0 saturated carbocycles. The summed E-state index contributed by atoms with van der Waals surface area (Å²) in [6.45, 7) is 7.41. The van der Waals surface area contributed by atoms with Crippen molar-refractivity contribution in [3.63, 3.8) is 0 Å².